The molecule has 2 atom stereocenters. The van der Waals surface area contributed by atoms with Crippen molar-refractivity contribution in [3.8, 4) is 0 Å². The van der Waals surface area contributed by atoms with Crippen molar-refractivity contribution in [2.24, 2.45) is 0 Å². The number of hydrogen-bond donors (Lipinski definition) is 0. The lowest BCUT2D eigenvalue weighted by Crippen LogP contribution is -2.37. The van der Waals surface area contributed by atoms with E-state index in [1.807, 2.05) is 21.1 Å². The van der Waals surface area contributed by atoms with Gasteiger partial charge >= 0.3 is 5.97 Å². The molecule has 67 heavy (non-hydrogen) atoms. The fraction of sp³-hybridized carbons (Fsp3) is 0.914. The maximum atomic E-state index is 12.8. The molecule has 0 bridgehead atoms. The summed E-state index contributed by atoms with van der Waals surface area (Å²) in [6, 6.07) is 0. The van der Waals surface area contributed by atoms with E-state index in [1.54, 1.807) is 0 Å². The van der Waals surface area contributed by atoms with Crippen molar-refractivity contribution < 1.29 is 37.3 Å². The van der Waals surface area contributed by atoms with Crippen LogP contribution >= 0.6 is 7.82 Å². The number of hydrogen-bond acceptors (Lipinski definition) is 7. The number of rotatable bonds is 55. The highest BCUT2D eigenvalue weighted by molar-refractivity contribution is 7.45. The van der Waals surface area contributed by atoms with Crippen LogP contribution in [-0.4, -0.2) is 70.7 Å². The number of phosphoric acid groups is 1. The van der Waals surface area contributed by atoms with Gasteiger partial charge in [0.2, 0.25) is 0 Å². The SMILES string of the molecule is CCCCCCC/C=C\C/C=C\CCCCCCCCCCCCCCCCOCC(COP(=O)([O-])OCC[N+](C)(C)C)OC(=O)CCCCCCCCCCCCCCCCCCCCC. The topological polar surface area (TPSA) is 94.1 Å². The van der Waals surface area contributed by atoms with Crippen LogP contribution in [0.2, 0.25) is 0 Å². The Morgan fingerprint density at radius 3 is 1.21 bits per heavy atom. The van der Waals surface area contributed by atoms with Crippen LogP contribution in [0.1, 0.15) is 284 Å². The molecule has 0 rings (SSSR count). The molecule has 2 unspecified atom stereocenters. The Morgan fingerprint density at radius 2 is 0.821 bits per heavy atom. The van der Waals surface area contributed by atoms with Gasteiger partial charge in [0.1, 0.15) is 19.3 Å². The molecule has 0 fully saturated rings. The molecule has 0 aromatic rings. The molecule has 0 N–H and O–H groups in total. The van der Waals surface area contributed by atoms with Crippen molar-refractivity contribution in [2.45, 2.75) is 290 Å². The molecule has 0 amide bonds. The lowest BCUT2D eigenvalue weighted by atomic mass is 10.0. The van der Waals surface area contributed by atoms with E-state index in [0.717, 1.165) is 38.5 Å². The largest absolute Gasteiger partial charge is 0.756 e. The van der Waals surface area contributed by atoms with Gasteiger partial charge in [-0.15, -0.1) is 0 Å². The number of likely N-dealkylation sites (N-methyl/N-ethyl adjacent to an activating group) is 1. The highest BCUT2D eigenvalue weighted by Gasteiger charge is 2.20. The maximum Gasteiger partial charge on any atom is 0.306 e. The summed E-state index contributed by atoms with van der Waals surface area (Å²) in [5.74, 6) is -0.327. The summed E-state index contributed by atoms with van der Waals surface area (Å²) >= 11 is 0. The van der Waals surface area contributed by atoms with Gasteiger partial charge in [0.25, 0.3) is 7.82 Å². The summed E-state index contributed by atoms with van der Waals surface area (Å²) in [6.07, 6.45) is 62.2. The number of carbonyl (C=O) groups is 1. The first-order valence-electron chi connectivity index (χ1n) is 29.1. The standard InChI is InChI=1S/C58H114NO7P/c1-6-8-10-12-14-16-18-20-22-24-26-27-28-29-30-31-32-34-36-38-40-42-44-46-48-50-53-63-55-57(56-65-67(61,62)64-54-52-59(3,4)5)66-58(60)51-49-47-45-43-41-39-37-35-33-25-23-21-19-17-15-13-11-9-7-2/h18,20,24,26,57H,6-17,19,21-23,25,27-56H2,1-5H3/b20-18-,26-24-. The molecule has 8 nitrogen and oxygen atoms in total. The van der Waals surface area contributed by atoms with E-state index in [-0.39, 0.29) is 25.8 Å². The normalized spacial score (nSPS) is 13.6. The Morgan fingerprint density at radius 1 is 0.463 bits per heavy atom. The molecule has 0 aromatic heterocycles. The van der Waals surface area contributed by atoms with E-state index < -0.39 is 13.9 Å². The lowest BCUT2D eigenvalue weighted by Gasteiger charge is -2.28. The van der Waals surface area contributed by atoms with Crippen LogP contribution in [0.5, 0.6) is 0 Å². The van der Waals surface area contributed by atoms with Crippen molar-refractivity contribution >= 4 is 13.8 Å². The molecule has 0 saturated carbocycles. The fourth-order valence-corrected chi connectivity index (χ4v) is 9.25. The fourth-order valence-electron chi connectivity index (χ4n) is 8.52. The van der Waals surface area contributed by atoms with Crippen molar-refractivity contribution in [3.63, 3.8) is 0 Å². The molecular formula is C58H114NO7P. The zero-order chi connectivity index (χ0) is 49.0. The number of nitrogens with zero attached hydrogens (tertiary/aromatic N) is 1. The number of ether oxygens (including phenoxy) is 2. The Bertz CT molecular complexity index is 1120. The van der Waals surface area contributed by atoms with Gasteiger partial charge in [0, 0.05) is 13.0 Å². The average Bonchev–Trinajstić information content (AvgIpc) is 3.29. The van der Waals surface area contributed by atoms with Crippen molar-refractivity contribution in [1.29, 1.82) is 0 Å². The highest BCUT2D eigenvalue weighted by Crippen LogP contribution is 2.38. The van der Waals surface area contributed by atoms with E-state index in [2.05, 4.69) is 38.2 Å². The summed E-state index contributed by atoms with van der Waals surface area (Å²) in [5.41, 5.74) is 0. The molecule has 0 radical (unpaired) electrons. The first kappa shape index (κ1) is 66.0. The molecule has 0 saturated heterocycles. The molecule has 398 valence electrons. The first-order valence-corrected chi connectivity index (χ1v) is 30.5. The van der Waals surface area contributed by atoms with Gasteiger partial charge in [-0.2, -0.15) is 0 Å². The monoisotopic (exact) mass is 968 g/mol. The van der Waals surface area contributed by atoms with Crippen molar-refractivity contribution in [1.82, 2.24) is 0 Å². The number of unbranched alkanes of at least 4 members (excludes halogenated alkanes) is 37. The van der Waals surface area contributed by atoms with Gasteiger partial charge in [0.15, 0.2) is 0 Å². The minimum absolute atomic E-state index is 0.0292. The van der Waals surface area contributed by atoms with Gasteiger partial charge in [-0.05, 0) is 44.9 Å². The quantitative estimate of drug-likeness (QED) is 0.0197. The van der Waals surface area contributed by atoms with Crippen LogP contribution < -0.4 is 4.89 Å². The highest BCUT2D eigenvalue weighted by atomic mass is 31.2. The second kappa shape index (κ2) is 51.3. The smallest absolute Gasteiger partial charge is 0.306 e. The van der Waals surface area contributed by atoms with E-state index in [9.17, 15) is 14.3 Å². The summed E-state index contributed by atoms with van der Waals surface area (Å²) in [6.45, 7) is 5.47. The number of phosphoric ester groups is 1. The molecular weight excluding hydrogens is 854 g/mol. The van der Waals surface area contributed by atoms with Gasteiger partial charge in [0.05, 0.1) is 34.4 Å². The van der Waals surface area contributed by atoms with Crippen LogP contribution in [-0.2, 0) is 27.9 Å². The Labute approximate surface area is 417 Å². The number of carbonyl (C=O) groups excluding carboxylic acids is 1. The molecule has 0 spiro atoms. The Hall–Kier alpha value is -1.02. The molecule has 0 aliphatic heterocycles. The summed E-state index contributed by atoms with van der Waals surface area (Å²) in [5, 5.41) is 0. The number of allylic oxidation sites excluding steroid dienone is 4. The van der Waals surface area contributed by atoms with Crippen LogP contribution in [0, 0.1) is 0 Å². The molecule has 0 heterocycles. The average molecular weight is 969 g/mol. The molecule has 9 heteroatoms. The predicted molar refractivity (Wildman–Crippen MR) is 287 cm³/mol. The second-order valence-corrected chi connectivity index (χ2v) is 22.4. The van der Waals surface area contributed by atoms with Gasteiger partial charge in [-0.3, -0.25) is 9.36 Å². The maximum absolute atomic E-state index is 12.8. The third-order valence-corrected chi connectivity index (χ3v) is 14.0. The van der Waals surface area contributed by atoms with E-state index in [1.165, 1.54) is 225 Å². The van der Waals surface area contributed by atoms with E-state index >= 15 is 0 Å². The third kappa shape index (κ3) is 55.8. The van der Waals surface area contributed by atoms with Gasteiger partial charge in [-0.25, -0.2) is 0 Å². The van der Waals surface area contributed by atoms with Crippen molar-refractivity contribution in [3.05, 3.63) is 24.3 Å². The minimum atomic E-state index is -4.53. The van der Waals surface area contributed by atoms with Crippen molar-refractivity contribution in [2.75, 3.05) is 54.1 Å². The van der Waals surface area contributed by atoms with Crippen LogP contribution in [0.3, 0.4) is 0 Å². The molecule has 0 aliphatic carbocycles. The summed E-state index contributed by atoms with van der Waals surface area (Å²) < 4.78 is 34.9. The molecule has 0 aromatic carbocycles. The minimum Gasteiger partial charge on any atom is -0.756 e. The second-order valence-electron chi connectivity index (χ2n) is 21.0. The van der Waals surface area contributed by atoms with Gasteiger partial charge in [-0.1, -0.05) is 256 Å². The lowest BCUT2D eigenvalue weighted by molar-refractivity contribution is -0.870. The summed E-state index contributed by atoms with van der Waals surface area (Å²) in [4.78, 5) is 25.2. The zero-order valence-corrected chi connectivity index (χ0v) is 46.3. The summed E-state index contributed by atoms with van der Waals surface area (Å²) in [7, 11) is 1.37. The Balaban J connectivity index is 4.02. The van der Waals surface area contributed by atoms with Crippen LogP contribution in [0.4, 0.5) is 0 Å². The first-order chi connectivity index (χ1) is 32.6. The predicted octanol–water partition coefficient (Wildman–Crippen LogP) is 17.7. The Kier molecular flexibility index (Phi) is 50.6. The van der Waals surface area contributed by atoms with Gasteiger partial charge < -0.3 is 27.9 Å². The third-order valence-electron chi connectivity index (χ3n) is 13.0. The molecule has 0 aliphatic rings. The van der Waals surface area contributed by atoms with Crippen LogP contribution in [0.25, 0.3) is 0 Å². The number of quaternary nitrogens is 1. The zero-order valence-electron chi connectivity index (χ0n) is 45.4. The number of esters is 1. The van der Waals surface area contributed by atoms with E-state index in [4.69, 9.17) is 18.5 Å². The van der Waals surface area contributed by atoms with Crippen LogP contribution in [0.15, 0.2) is 24.3 Å². The van der Waals surface area contributed by atoms with E-state index in [0.29, 0.717) is 24.1 Å².